The number of aromatic nitrogens is 1. The number of benzene rings is 1. The number of nitrogens with one attached hydrogen (secondary N) is 1. The first kappa shape index (κ1) is 19.8. The van der Waals surface area contributed by atoms with E-state index in [9.17, 15) is 8.42 Å². The van der Waals surface area contributed by atoms with Gasteiger partial charge in [-0.1, -0.05) is 5.16 Å². The summed E-state index contributed by atoms with van der Waals surface area (Å²) in [6.07, 6.45) is 1.45. The fraction of sp³-hybridized carbons (Fsp3) is 0.278. The Kier molecular flexibility index (Phi) is 5.61. The highest BCUT2D eigenvalue weighted by Gasteiger charge is 2.23. The van der Waals surface area contributed by atoms with Crippen LogP contribution in [0.25, 0.3) is 11.5 Å². The highest BCUT2D eigenvalue weighted by molar-refractivity contribution is 7.89. The first-order valence-electron chi connectivity index (χ1n) is 8.19. The zero-order valence-corrected chi connectivity index (χ0v) is 16.6. The summed E-state index contributed by atoms with van der Waals surface area (Å²) in [5.41, 5.74) is 0.634. The molecule has 3 rings (SSSR count). The molecule has 0 aliphatic rings. The van der Waals surface area contributed by atoms with Crippen molar-refractivity contribution in [3.8, 4) is 28.8 Å². The normalized spacial score (nSPS) is 11.4. The molecule has 28 heavy (non-hydrogen) atoms. The molecule has 2 aromatic heterocycles. The van der Waals surface area contributed by atoms with E-state index in [1.807, 2.05) is 0 Å². The molecule has 150 valence electrons. The molecule has 0 saturated heterocycles. The second-order valence-electron chi connectivity index (χ2n) is 5.77. The predicted molar refractivity (Wildman–Crippen MR) is 99.1 cm³/mol. The van der Waals surface area contributed by atoms with E-state index in [4.69, 9.17) is 23.2 Å². The van der Waals surface area contributed by atoms with Gasteiger partial charge in [0.1, 0.15) is 10.7 Å². The number of ether oxygens (including phenoxy) is 3. The Morgan fingerprint density at radius 3 is 2.25 bits per heavy atom. The van der Waals surface area contributed by atoms with Crippen LogP contribution in [0.3, 0.4) is 0 Å². The summed E-state index contributed by atoms with van der Waals surface area (Å²) < 4.78 is 54.4. The third-order valence-corrected chi connectivity index (χ3v) is 5.54. The van der Waals surface area contributed by atoms with Crippen molar-refractivity contribution in [3.63, 3.8) is 0 Å². The lowest BCUT2D eigenvalue weighted by Gasteiger charge is -2.14. The van der Waals surface area contributed by atoms with Crippen molar-refractivity contribution in [3.05, 3.63) is 41.8 Å². The van der Waals surface area contributed by atoms with E-state index in [0.29, 0.717) is 28.6 Å². The smallest absolute Gasteiger partial charge is 0.244 e. The summed E-state index contributed by atoms with van der Waals surface area (Å²) in [5, 5.41) is 3.59. The van der Waals surface area contributed by atoms with Gasteiger partial charge in [0.15, 0.2) is 17.3 Å². The zero-order valence-electron chi connectivity index (χ0n) is 15.8. The molecule has 9 nitrogen and oxygen atoms in total. The summed E-state index contributed by atoms with van der Waals surface area (Å²) in [4.78, 5) is 0.0198. The predicted octanol–water partition coefficient (Wildman–Crippen LogP) is 2.75. The number of nitrogens with zero attached hydrogens (tertiary/aromatic N) is 1. The van der Waals surface area contributed by atoms with Crippen LogP contribution in [0.1, 0.15) is 11.3 Å². The van der Waals surface area contributed by atoms with E-state index in [1.165, 1.54) is 33.6 Å². The van der Waals surface area contributed by atoms with Crippen LogP contribution in [0.5, 0.6) is 17.2 Å². The third-order valence-electron chi connectivity index (χ3n) is 4.03. The highest BCUT2D eigenvalue weighted by Crippen LogP contribution is 2.38. The molecular weight excluding hydrogens is 388 g/mol. The largest absolute Gasteiger partial charge is 0.493 e. The van der Waals surface area contributed by atoms with Crippen LogP contribution in [0.2, 0.25) is 0 Å². The molecule has 10 heteroatoms. The molecule has 0 unspecified atom stereocenters. The lowest BCUT2D eigenvalue weighted by molar-refractivity contribution is 0.323. The fourth-order valence-electron chi connectivity index (χ4n) is 2.69. The zero-order chi connectivity index (χ0) is 20.3. The topological polar surface area (TPSA) is 113 Å². The summed E-state index contributed by atoms with van der Waals surface area (Å²) in [6, 6.07) is 6.32. The molecule has 0 radical (unpaired) electrons. The highest BCUT2D eigenvalue weighted by atomic mass is 32.2. The molecule has 0 atom stereocenters. The molecule has 0 fully saturated rings. The lowest BCUT2D eigenvalue weighted by atomic mass is 10.2. The van der Waals surface area contributed by atoms with E-state index >= 15 is 0 Å². The number of hydrogen-bond donors (Lipinski definition) is 1. The maximum Gasteiger partial charge on any atom is 0.244 e. The number of aryl methyl sites for hydroxylation is 1. The average molecular weight is 408 g/mol. The molecule has 3 aromatic rings. The van der Waals surface area contributed by atoms with Gasteiger partial charge in [0.2, 0.25) is 21.5 Å². The number of sulfonamides is 1. The average Bonchev–Trinajstić information content (AvgIpc) is 3.35. The van der Waals surface area contributed by atoms with Crippen LogP contribution in [0.15, 0.2) is 44.3 Å². The minimum Gasteiger partial charge on any atom is -0.493 e. The minimum absolute atomic E-state index is 0.0152. The molecular formula is C18H20N2O7S. The van der Waals surface area contributed by atoms with Crippen molar-refractivity contribution in [1.82, 2.24) is 9.88 Å². The molecule has 0 aliphatic heterocycles. The molecule has 2 heterocycles. The van der Waals surface area contributed by atoms with Gasteiger partial charge >= 0.3 is 0 Å². The number of hydrogen-bond acceptors (Lipinski definition) is 8. The van der Waals surface area contributed by atoms with Crippen LogP contribution in [0.4, 0.5) is 0 Å². The molecule has 0 aliphatic carbocycles. The Morgan fingerprint density at radius 2 is 1.71 bits per heavy atom. The van der Waals surface area contributed by atoms with E-state index < -0.39 is 10.0 Å². The molecule has 0 amide bonds. The molecule has 0 saturated carbocycles. The lowest BCUT2D eigenvalue weighted by Crippen LogP contribution is -2.23. The molecule has 0 spiro atoms. The van der Waals surface area contributed by atoms with Crippen molar-refractivity contribution in [1.29, 1.82) is 0 Å². The maximum atomic E-state index is 12.7. The van der Waals surface area contributed by atoms with Gasteiger partial charge in [0, 0.05) is 18.7 Å². The quantitative estimate of drug-likeness (QED) is 0.605. The Balaban J connectivity index is 1.84. The van der Waals surface area contributed by atoms with Crippen LogP contribution in [-0.2, 0) is 16.6 Å². The Labute approximate surface area is 162 Å². The second-order valence-corrected chi connectivity index (χ2v) is 7.50. The Bertz CT molecular complexity index is 1030. The van der Waals surface area contributed by atoms with Gasteiger partial charge in [0.25, 0.3) is 0 Å². The third kappa shape index (κ3) is 3.82. The van der Waals surface area contributed by atoms with Crippen molar-refractivity contribution >= 4 is 10.0 Å². The number of furan rings is 1. The SMILES string of the molecule is COc1cc(CNS(=O)(=O)c2cc(-c3ccno3)oc2C)cc(OC)c1OC. The monoisotopic (exact) mass is 408 g/mol. The Morgan fingerprint density at radius 1 is 1.04 bits per heavy atom. The summed E-state index contributed by atoms with van der Waals surface area (Å²) in [7, 11) is 0.646. The van der Waals surface area contributed by atoms with E-state index in [2.05, 4.69) is 9.88 Å². The van der Waals surface area contributed by atoms with Gasteiger partial charge in [-0.3, -0.25) is 0 Å². The molecule has 1 N–H and O–H groups in total. The summed E-state index contributed by atoms with van der Waals surface area (Å²) in [6.45, 7) is 1.58. The number of methoxy groups -OCH3 is 3. The summed E-state index contributed by atoms with van der Waals surface area (Å²) in [5.74, 6) is 2.16. The van der Waals surface area contributed by atoms with Gasteiger partial charge < -0.3 is 23.2 Å². The fourth-order valence-corrected chi connectivity index (χ4v) is 3.88. The van der Waals surface area contributed by atoms with Crippen LogP contribution >= 0.6 is 0 Å². The first-order valence-corrected chi connectivity index (χ1v) is 9.68. The van der Waals surface area contributed by atoms with Gasteiger partial charge in [-0.15, -0.1) is 0 Å². The molecule has 0 bridgehead atoms. The van der Waals surface area contributed by atoms with E-state index in [-0.39, 0.29) is 23.0 Å². The van der Waals surface area contributed by atoms with Gasteiger partial charge in [0.05, 0.1) is 27.5 Å². The van der Waals surface area contributed by atoms with Crippen LogP contribution in [-0.4, -0.2) is 34.9 Å². The van der Waals surface area contributed by atoms with Crippen LogP contribution in [0, 0.1) is 6.92 Å². The van der Waals surface area contributed by atoms with E-state index in [1.54, 1.807) is 25.1 Å². The minimum atomic E-state index is -3.83. The standard InChI is InChI=1S/C18H20N2O7S/c1-11-17(9-14(26-11)13-5-6-19-27-13)28(21,22)20-10-12-7-15(23-2)18(25-4)16(8-12)24-3/h5-9,20H,10H2,1-4H3. The number of rotatable bonds is 8. The van der Waals surface area contributed by atoms with Crippen molar-refractivity contribution in [2.24, 2.45) is 0 Å². The van der Waals surface area contributed by atoms with Gasteiger partial charge in [-0.05, 0) is 24.6 Å². The van der Waals surface area contributed by atoms with Crippen molar-refractivity contribution in [2.75, 3.05) is 21.3 Å². The summed E-state index contributed by atoms with van der Waals surface area (Å²) >= 11 is 0. The van der Waals surface area contributed by atoms with Gasteiger partial charge in [-0.2, -0.15) is 0 Å². The van der Waals surface area contributed by atoms with Crippen LogP contribution < -0.4 is 18.9 Å². The van der Waals surface area contributed by atoms with E-state index in [0.717, 1.165) is 0 Å². The van der Waals surface area contributed by atoms with Gasteiger partial charge in [-0.25, -0.2) is 13.1 Å². The van der Waals surface area contributed by atoms with Crippen molar-refractivity contribution in [2.45, 2.75) is 18.4 Å². The molecule has 1 aromatic carbocycles. The van der Waals surface area contributed by atoms with Crippen molar-refractivity contribution < 1.29 is 31.6 Å². The Hall–Kier alpha value is -2.98. The first-order chi connectivity index (χ1) is 13.4. The second kappa shape index (κ2) is 7.95. The maximum absolute atomic E-state index is 12.7.